The topological polar surface area (TPSA) is 93.4 Å². The first-order valence-electron chi connectivity index (χ1n) is 8.56. The van der Waals surface area contributed by atoms with E-state index in [2.05, 4.69) is 0 Å². The lowest BCUT2D eigenvalue weighted by atomic mass is 9.94. The third-order valence-electron chi connectivity index (χ3n) is 4.40. The maximum Gasteiger partial charge on any atom is 0.165 e. The molecule has 0 aliphatic carbocycles. The van der Waals surface area contributed by atoms with Crippen molar-refractivity contribution in [3.63, 3.8) is 0 Å². The van der Waals surface area contributed by atoms with Crippen molar-refractivity contribution in [1.29, 1.82) is 0 Å². The monoisotopic (exact) mass is 373 g/mol. The molecule has 4 atom stereocenters. The van der Waals surface area contributed by atoms with Crippen molar-refractivity contribution in [1.82, 2.24) is 4.90 Å². The first-order valence-corrected chi connectivity index (χ1v) is 8.56. The Morgan fingerprint density at radius 2 is 1.85 bits per heavy atom. The summed E-state index contributed by atoms with van der Waals surface area (Å²) in [6.45, 7) is 0.534. The second-order valence-corrected chi connectivity index (χ2v) is 6.27. The second kappa shape index (κ2) is 9.94. The van der Waals surface area contributed by atoms with Crippen molar-refractivity contribution in [2.24, 2.45) is 0 Å². The molecule has 1 aliphatic heterocycles. The van der Waals surface area contributed by atoms with E-state index in [1.165, 1.54) is 0 Å². The highest BCUT2D eigenvalue weighted by atomic mass is 19.1. The van der Waals surface area contributed by atoms with Crippen LogP contribution in [0.15, 0.2) is 30.4 Å². The van der Waals surface area contributed by atoms with Crippen LogP contribution in [0.3, 0.4) is 0 Å². The van der Waals surface area contributed by atoms with Crippen molar-refractivity contribution in [2.45, 2.75) is 37.2 Å². The van der Waals surface area contributed by atoms with E-state index in [1.807, 2.05) is 12.2 Å². The summed E-state index contributed by atoms with van der Waals surface area (Å²) in [4.78, 5) is 1.73. The predicted octanol–water partition coefficient (Wildman–Crippen LogP) is 0.439. The van der Waals surface area contributed by atoms with Crippen LogP contribution in [0.4, 0.5) is 8.78 Å². The zero-order chi connectivity index (χ0) is 19.1. The molecular weight excluding hydrogens is 348 g/mol. The van der Waals surface area contributed by atoms with Crippen LogP contribution in [0.2, 0.25) is 0 Å². The third-order valence-corrected chi connectivity index (χ3v) is 4.40. The van der Waals surface area contributed by atoms with Gasteiger partial charge in [-0.15, -0.1) is 0 Å². The van der Waals surface area contributed by atoms with Gasteiger partial charge in [0.25, 0.3) is 0 Å². The maximum absolute atomic E-state index is 13.4. The Morgan fingerprint density at radius 1 is 1.12 bits per heavy atom. The number of likely N-dealkylation sites (tertiary alicyclic amines) is 1. The first-order chi connectivity index (χ1) is 12.4. The highest BCUT2D eigenvalue weighted by Gasteiger charge is 2.40. The fraction of sp³-hybridized carbons (Fsp3) is 0.556. The van der Waals surface area contributed by atoms with E-state index >= 15 is 0 Å². The molecule has 1 aromatic carbocycles. The molecule has 0 amide bonds. The van der Waals surface area contributed by atoms with Gasteiger partial charge in [-0.1, -0.05) is 12.2 Å². The van der Waals surface area contributed by atoms with E-state index < -0.39 is 36.0 Å². The van der Waals surface area contributed by atoms with Crippen LogP contribution in [0.1, 0.15) is 12.8 Å². The Balaban J connectivity index is 1.71. The van der Waals surface area contributed by atoms with Crippen molar-refractivity contribution >= 4 is 0 Å². The summed E-state index contributed by atoms with van der Waals surface area (Å²) in [5.74, 6) is -1.31. The molecule has 146 valence electrons. The summed E-state index contributed by atoms with van der Waals surface area (Å²) in [5.41, 5.74) is 0. The molecule has 0 bridgehead atoms. The molecule has 26 heavy (non-hydrogen) atoms. The standard InChI is InChI=1S/C18H25F2NO5/c19-12-5-6-13(20)16(9-12)26-8-4-2-1-3-7-21-10-15(23)18(25)17(24)14(21)11-22/h1-2,5-6,9,14-15,17-18,22-25H,3-4,7-8,10-11H2/b2-1-/t14-,15+,17-,18-/m1/s1. The van der Waals surface area contributed by atoms with Crippen LogP contribution in [0, 0.1) is 11.6 Å². The Morgan fingerprint density at radius 3 is 2.58 bits per heavy atom. The number of benzene rings is 1. The number of nitrogens with zero attached hydrogens (tertiary/aromatic N) is 1. The van der Waals surface area contributed by atoms with Gasteiger partial charge in [-0.3, -0.25) is 4.90 Å². The maximum atomic E-state index is 13.4. The molecule has 1 heterocycles. The number of aliphatic hydroxyl groups is 4. The lowest BCUT2D eigenvalue weighted by Crippen LogP contribution is -2.62. The molecule has 1 saturated heterocycles. The zero-order valence-electron chi connectivity index (χ0n) is 14.3. The van der Waals surface area contributed by atoms with Gasteiger partial charge in [0, 0.05) is 19.2 Å². The quantitative estimate of drug-likeness (QED) is 0.390. The Kier molecular flexibility index (Phi) is 7.92. The van der Waals surface area contributed by atoms with Crippen LogP contribution in [-0.2, 0) is 0 Å². The van der Waals surface area contributed by atoms with Gasteiger partial charge >= 0.3 is 0 Å². The van der Waals surface area contributed by atoms with Gasteiger partial charge in [0.2, 0.25) is 0 Å². The summed E-state index contributed by atoms with van der Waals surface area (Å²) >= 11 is 0. The molecule has 0 aromatic heterocycles. The fourth-order valence-corrected chi connectivity index (χ4v) is 2.94. The first kappa shape index (κ1) is 20.7. The Bertz CT molecular complexity index is 601. The lowest BCUT2D eigenvalue weighted by Gasteiger charge is -2.43. The molecule has 1 aliphatic rings. The number of hydrogen-bond acceptors (Lipinski definition) is 6. The Hall–Kier alpha value is -1.58. The summed E-state index contributed by atoms with van der Waals surface area (Å²) < 4.78 is 31.6. The second-order valence-electron chi connectivity index (χ2n) is 6.27. The van der Waals surface area contributed by atoms with E-state index in [1.54, 1.807) is 4.90 Å². The van der Waals surface area contributed by atoms with Crippen LogP contribution in [0.5, 0.6) is 5.75 Å². The van der Waals surface area contributed by atoms with E-state index in [-0.39, 0.29) is 25.5 Å². The van der Waals surface area contributed by atoms with E-state index in [9.17, 15) is 29.2 Å². The average Bonchev–Trinajstić information content (AvgIpc) is 2.62. The van der Waals surface area contributed by atoms with Gasteiger partial charge in [0.1, 0.15) is 18.0 Å². The lowest BCUT2D eigenvalue weighted by molar-refractivity contribution is -0.144. The smallest absolute Gasteiger partial charge is 0.165 e. The summed E-state index contributed by atoms with van der Waals surface area (Å²) in [6, 6.07) is 2.40. The number of halogens is 2. The number of ether oxygens (including phenoxy) is 1. The van der Waals surface area contributed by atoms with E-state index in [0.717, 1.165) is 18.2 Å². The predicted molar refractivity (Wildman–Crippen MR) is 90.7 cm³/mol. The molecule has 4 N–H and O–H groups in total. The molecule has 0 spiro atoms. The van der Waals surface area contributed by atoms with Gasteiger partial charge in [-0.2, -0.15) is 0 Å². The van der Waals surface area contributed by atoms with Gasteiger partial charge in [-0.05, 0) is 25.0 Å². The summed E-state index contributed by atoms with van der Waals surface area (Å²) in [6.07, 6.45) is 1.26. The van der Waals surface area contributed by atoms with Crippen LogP contribution >= 0.6 is 0 Å². The summed E-state index contributed by atoms with van der Waals surface area (Å²) in [7, 11) is 0. The van der Waals surface area contributed by atoms with E-state index in [0.29, 0.717) is 19.4 Å². The highest BCUT2D eigenvalue weighted by Crippen LogP contribution is 2.20. The number of hydrogen-bond donors (Lipinski definition) is 4. The Labute approximate surface area is 150 Å². The molecule has 0 saturated carbocycles. The van der Waals surface area contributed by atoms with Crippen LogP contribution in [-0.4, -0.2) is 76.0 Å². The van der Waals surface area contributed by atoms with Gasteiger partial charge in [0.15, 0.2) is 11.6 Å². The highest BCUT2D eigenvalue weighted by molar-refractivity contribution is 5.24. The number of rotatable bonds is 8. The molecule has 8 heteroatoms. The molecule has 0 unspecified atom stereocenters. The van der Waals surface area contributed by atoms with Crippen molar-refractivity contribution < 1.29 is 33.9 Å². The number of piperidine rings is 1. The van der Waals surface area contributed by atoms with Crippen LogP contribution in [0.25, 0.3) is 0 Å². The number of aliphatic hydroxyl groups excluding tert-OH is 4. The largest absolute Gasteiger partial charge is 0.490 e. The fourth-order valence-electron chi connectivity index (χ4n) is 2.94. The molecule has 0 radical (unpaired) electrons. The normalized spacial score (nSPS) is 27.2. The van der Waals surface area contributed by atoms with Gasteiger partial charge in [0.05, 0.1) is 25.4 Å². The van der Waals surface area contributed by atoms with Crippen molar-refractivity contribution in [3.05, 3.63) is 42.0 Å². The molecule has 6 nitrogen and oxygen atoms in total. The van der Waals surface area contributed by atoms with Gasteiger partial charge < -0.3 is 25.2 Å². The minimum atomic E-state index is -1.26. The van der Waals surface area contributed by atoms with Crippen molar-refractivity contribution in [3.8, 4) is 5.75 Å². The molecule has 2 rings (SSSR count). The average molecular weight is 373 g/mol. The molecule has 1 fully saturated rings. The van der Waals surface area contributed by atoms with E-state index in [4.69, 9.17) is 4.74 Å². The summed E-state index contributed by atoms with van der Waals surface area (Å²) in [5, 5.41) is 38.6. The van der Waals surface area contributed by atoms with Gasteiger partial charge in [-0.25, -0.2) is 8.78 Å². The molecule has 1 aromatic rings. The SMILES string of the molecule is OC[C@@H]1[C@@H](O)[C@H](O)[C@@H](O)CN1CC/C=C\CCOc1cc(F)ccc1F. The number of β-amino-alcohol motifs (C(OH)–C–C–N with tert-alkyl or cyclic N) is 1. The minimum Gasteiger partial charge on any atom is -0.490 e. The molecular formula is C18H25F2NO5. The minimum absolute atomic E-state index is 0.126. The van der Waals surface area contributed by atoms with Crippen molar-refractivity contribution in [2.75, 3.05) is 26.3 Å². The zero-order valence-corrected chi connectivity index (χ0v) is 14.3. The van der Waals surface area contributed by atoms with Crippen LogP contribution < -0.4 is 4.74 Å². The third kappa shape index (κ3) is 5.46.